The van der Waals surface area contributed by atoms with Gasteiger partial charge in [0.05, 0.1) is 29.8 Å². The van der Waals surface area contributed by atoms with Crippen LogP contribution >= 0.6 is 0 Å². The van der Waals surface area contributed by atoms with Gasteiger partial charge in [-0.25, -0.2) is 25.2 Å². The molecular formula is C15H17N7O6. The van der Waals surface area contributed by atoms with Gasteiger partial charge in [-0.15, -0.1) is 0 Å². The number of quaternary nitrogens is 2. The van der Waals surface area contributed by atoms with Gasteiger partial charge in [-0.05, 0) is 0 Å². The van der Waals surface area contributed by atoms with Crippen molar-refractivity contribution < 1.29 is 30.4 Å². The van der Waals surface area contributed by atoms with Gasteiger partial charge in [-0.3, -0.25) is 4.68 Å². The number of fused-ring (bicyclic) bond motifs is 1. The SMILES string of the molecule is Cn1ncc2c(NCCOC(=O)c3cc([NH+]([O-])O)cc([NH+]([O-])O)c3)ncnc21. The molecule has 3 aromatic rings. The number of ether oxygens (including phenoxy) is 1. The molecule has 5 N–H and O–H groups in total. The number of hydrogen-bond donors (Lipinski definition) is 5. The smallest absolute Gasteiger partial charge is 0.338 e. The van der Waals surface area contributed by atoms with E-state index in [9.17, 15) is 15.2 Å². The first-order valence-electron chi connectivity index (χ1n) is 8.02. The van der Waals surface area contributed by atoms with Crippen molar-refractivity contribution >= 4 is 34.2 Å². The zero-order valence-corrected chi connectivity index (χ0v) is 14.6. The van der Waals surface area contributed by atoms with Crippen molar-refractivity contribution in [1.29, 1.82) is 0 Å². The fraction of sp³-hybridized carbons (Fsp3) is 0.200. The number of nitrogens with zero attached hydrogens (tertiary/aromatic N) is 4. The highest BCUT2D eigenvalue weighted by molar-refractivity contribution is 5.91. The predicted octanol–water partition coefficient (Wildman–Crippen LogP) is -1.56. The number of aryl methyl sites for hydroxylation is 1. The zero-order chi connectivity index (χ0) is 20.3. The summed E-state index contributed by atoms with van der Waals surface area (Å²) in [5.74, 6) is -0.309. The van der Waals surface area contributed by atoms with Crippen LogP contribution < -0.4 is 15.8 Å². The van der Waals surface area contributed by atoms with Crippen molar-refractivity contribution in [3.05, 3.63) is 46.7 Å². The summed E-state index contributed by atoms with van der Waals surface area (Å²) in [5.41, 5.74) is -0.148. The average Bonchev–Trinajstić information content (AvgIpc) is 3.06. The molecule has 0 bridgehead atoms. The summed E-state index contributed by atoms with van der Waals surface area (Å²) in [4.78, 5) is 20.4. The van der Waals surface area contributed by atoms with Gasteiger partial charge in [-0.1, -0.05) is 0 Å². The molecule has 2 aromatic heterocycles. The second-order valence-electron chi connectivity index (χ2n) is 5.70. The van der Waals surface area contributed by atoms with Crippen LogP contribution in [0.2, 0.25) is 0 Å². The molecule has 2 unspecified atom stereocenters. The van der Waals surface area contributed by atoms with Gasteiger partial charge >= 0.3 is 5.97 Å². The molecule has 0 spiro atoms. The van der Waals surface area contributed by atoms with Crippen molar-refractivity contribution in [1.82, 2.24) is 19.7 Å². The summed E-state index contributed by atoms with van der Waals surface area (Å²) in [5, 5.41) is 45.4. The van der Waals surface area contributed by atoms with Crippen molar-refractivity contribution in [3.63, 3.8) is 0 Å². The number of carbonyl (C=O) groups is 1. The number of nitrogens with one attached hydrogen (secondary N) is 3. The van der Waals surface area contributed by atoms with E-state index in [1.165, 1.54) is 6.33 Å². The summed E-state index contributed by atoms with van der Waals surface area (Å²) in [6, 6.07) is 3.10. The second kappa shape index (κ2) is 8.22. The highest BCUT2D eigenvalue weighted by atomic mass is 16.8. The van der Waals surface area contributed by atoms with Crippen molar-refractivity contribution in [2.45, 2.75) is 0 Å². The van der Waals surface area contributed by atoms with E-state index >= 15 is 0 Å². The largest absolute Gasteiger partial charge is 0.595 e. The fourth-order valence-corrected chi connectivity index (χ4v) is 2.49. The summed E-state index contributed by atoms with van der Waals surface area (Å²) < 4.78 is 6.68. The standard InChI is InChI=1S/C15H17N7O6/c1-20-14-12(7-19-20)13(17-8-18-14)16-2-3-28-15(23)9-4-10(21(24)25)6-11(5-9)22(26)27/h4-8,21-22,24,26H,2-3H2,1H3,(H,16,17,18). The highest BCUT2D eigenvalue weighted by Crippen LogP contribution is 2.17. The molecule has 0 saturated carbocycles. The van der Waals surface area contributed by atoms with Crippen molar-refractivity contribution in [2.75, 3.05) is 18.5 Å². The Morgan fingerprint density at radius 1 is 1.21 bits per heavy atom. The quantitative estimate of drug-likeness (QED) is 0.180. The lowest BCUT2D eigenvalue weighted by atomic mass is 10.2. The van der Waals surface area contributed by atoms with Crippen LogP contribution in [0.5, 0.6) is 0 Å². The summed E-state index contributed by atoms with van der Waals surface area (Å²) in [6.45, 7) is 0.168. The molecule has 0 aliphatic heterocycles. The average molecular weight is 391 g/mol. The lowest BCUT2D eigenvalue weighted by molar-refractivity contribution is -0.996. The van der Waals surface area contributed by atoms with E-state index in [2.05, 4.69) is 20.4 Å². The Morgan fingerprint density at radius 3 is 2.54 bits per heavy atom. The molecule has 28 heavy (non-hydrogen) atoms. The number of carbonyl (C=O) groups excluding carboxylic acids is 1. The Balaban J connectivity index is 1.62. The van der Waals surface area contributed by atoms with Crippen LogP contribution in [0.25, 0.3) is 11.0 Å². The highest BCUT2D eigenvalue weighted by Gasteiger charge is 2.16. The molecule has 148 valence electrons. The van der Waals surface area contributed by atoms with E-state index in [-0.39, 0.29) is 30.1 Å². The number of benzene rings is 1. The molecule has 13 nitrogen and oxygen atoms in total. The van der Waals surface area contributed by atoms with E-state index < -0.39 is 16.4 Å². The van der Waals surface area contributed by atoms with Gasteiger partial charge in [0.2, 0.25) is 0 Å². The molecule has 0 radical (unpaired) electrons. The first kappa shape index (κ1) is 19.6. The molecule has 0 saturated heterocycles. The molecule has 2 heterocycles. The molecule has 0 aliphatic rings. The van der Waals surface area contributed by atoms with Gasteiger partial charge in [0.25, 0.3) is 0 Å². The lowest BCUT2D eigenvalue weighted by Crippen LogP contribution is -3.00. The number of esters is 1. The Kier molecular flexibility index (Phi) is 5.74. The molecule has 0 amide bonds. The number of rotatable bonds is 7. The van der Waals surface area contributed by atoms with Crippen LogP contribution in [0, 0.1) is 10.4 Å². The zero-order valence-electron chi connectivity index (χ0n) is 14.6. The number of anilines is 1. The molecule has 0 fully saturated rings. The maximum atomic E-state index is 12.1. The molecule has 3 rings (SSSR count). The third kappa shape index (κ3) is 4.20. The maximum Gasteiger partial charge on any atom is 0.338 e. The molecule has 2 atom stereocenters. The number of hydrogen-bond acceptors (Lipinski definition) is 10. The Hall–Kier alpha value is -3.20. The van der Waals surface area contributed by atoms with Crippen LogP contribution in [0.4, 0.5) is 17.2 Å². The van der Waals surface area contributed by atoms with Crippen LogP contribution in [-0.4, -0.2) is 49.3 Å². The lowest BCUT2D eigenvalue weighted by Gasteiger charge is -2.16. The van der Waals surface area contributed by atoms with Gasteiger partial charge < -0.3 is 20.5 Å². The van der Waals surface area contributed by atoms with E-state index in [0.29, 0.717) is 16.9 Å². The van der Waals surface area contributed by atoms with E-state index in [1.807, 2.05) is 0 Å². The number of aromatic nitrogens is 4. The minimum absolute atomic E-state index is 0.0513. The van der Waals surface area contributed by atoms with E-state index in [4.69, 9.17) is 15.2 Å². The first-order valence-corrected chi connectivity index (χ1v) is 8.02. The van der Waals surface area contributed by atoms with Crippen LogP contribution in [0.15, 0.2) is 30.7 Å². The van der Waals surface area contributed by atoms with E-state index in [0.717, 1.165) is 18.2 Å². The third-order valence-electron chi connectivity index (χ3n) is 3.82. The Morgan fingerprint density at radius 2 is 1.89 bits per heavy atom. The minimum atomic E-state index is -1.34. The van der Waals surface area contributed by atoms with Crippen LogP contribution in [-0.2, 0) is 11.8 Å². The van der Waals surface area contributed by atoms with Crippen LogP contribution in [0.1, 0.15) is 10.4 Å². The van der Waals surface area contributed by atoms with Gasteiger partial charge in [-0.2, -0.15) is 15.6 Å². The Bertz CT molecular complexity index is 964. The molecule has 1 aromatic carbocycles. The maximum absolute atomic E-state index is 12.1. The summed E-state index contributed by atoms with van der Waals surface area (Å²) in [6.07, 6.45) is 2.98. The fourth-order valence-electron chi connectivity index (χ4n) is 2.49. The topological polar surface area (TPSA) is 177 Å². The first-order chi connectivity index (χ1) is 13.4. The van der Waals surface area contributed by atoms with Gasteiger partial charge in [0.1, 0.15) is 18.8 Å². The summed E-state index contributed by atoms with van der Waals surface area (Å²) >= 11 is 0. The normalized spacial score (nSPS) is 13.3. The van der Waals surface area contributed by atoms with Crippen molar-refractivity contribution in [3.8, 4) is 0 Å². The van der Waals surface area contributed by atoms with Crippen LogP contribution in [0.3, 0.4) is 0 Å². The Labute approximate surface area is 157 Å². The molecular weight excluding hydrogens is 374 g/mol. The summed E-state index contributed by atoms with van der Waals surface area (Å²) in [7, 11) is 1.75. The third-order valence-corrected chi connectivity index (χ3v) is 3.82. The van der Waals surface area contributed by atoms with Crippen molar-refractivity contribution in [2.24, 2.45) is 7.05 Å². The second-order valence-corrected chi connectivity index (χ2v) is 5.70. The minimum Gasteiger partial charge on any atom is -0.595 e. The molecule has 13 heteroatoms. The van der Waals surface area contributed by atoms with E-state index in [1.54, 1.807) is 17.9 Å². The predicted molar refractivity (Wildman–Crippen MR) is 93.1 cm³/mol. The van der Waals surface area contributed by atoms with Gasteiger partial charge in [0.15, 0.2) is 17.0 Å². The molecule has 0 aliphatic carbocycles. The van der Waals surface area contributed by atoms with Gasteiger partial charge in [0, 0.05) is 19.2 Å². The monoisotopic (exact) mass is 391 g/mol.